The summed E-state index contributed by atoms with van der Waals surface area (Å²) in [5.41, 5.74) is -3.07. The van der Waals surface area contributed by atoms with Crippen LogP contribution >= 0.6 is 11.3 Å². The van der Waals surface area contributed by atoms with Crippen molar-refractivity contribution in [1.29, 1.82) is 0 Å². The van der Waals surface area contributed by atoms with Gasteiger partial charge in [-0.1, -0.05) is 6.92 Å². The van der Waals surface area contributed by atoms with Gasteiger partial charge in [-0.25, -0.2) is 9.97 Å². The molecule has 2 rings (SSSR count). The highest BCUT2D eigenvalue weighted by Gasteiger charge is 2.57. The average Bonchev–Trinajstić information content (AvgIpc) is 3.29. The van der Waals surface area contributed by atoms with Gasteiger partial charge in [0, 0.05) is 63.0 Å². The van der Waals surface area contributed by atoms with Crippen LogP contribution in [0.25, 0.3) is 0 Å². The highest BCUT2D eigenvalue weighted by Crippen LogP contribution is 2.40. The number of imidazole rings is 1. The normalized spacial score (nSPS) is 14.7. The molecule has 0 fully saturated rings. The Morgan fingerprint density at radius 3 is 2.59 bits per heavy atom. The third-order valence-corrected chi connectivity index (χ3v) is 5.53. The van der Waals surface area contributed by atoms with E-state index in [2.05, 4.69) is 32.5 Å². The molecule has 0 aromatic carbocycles. The predicted molar refractivity (Wildman–Crippen MR) is 107 cm³/mol. The second-order valence-corrected chi connectivity index (χ2v) is 7.68. The average molecular weight is 433 g/mol. The Morgan fingerprint density at radius 2 is 2.03 bits per heavy atom. The van der Waals surface area contributed by atoms with Crippen LogP contribution in [0.15, 0.2) is 23.6 Å². The van der Waals surface area contributed by atoms with E-state index in [1.165, 1.54) is 28.9 Å². The molecule has 0 saturated carbocycles. The number of rotatable bonds is 9. The van der Waals surface area contributed by atoms with E-state index in [0.717, 1.165) is 11.4 Å². The van der Waals surface area contributed by atoms with Crippen LogP contribution in [-0.2, 0) is 25.5 Å². The maximum absolute atomic E-state index is 13.6. The first-order valence-electron chi connectivity index (χ1n) is 9.44. The van der Waals surface area contributed by atoms with Crippen LogP contribution in [0.1, 0.15) is 36.0 Å². The fraction of sp³-hybridized carbons (Fsp3) is 0.611. The van der Waals surface area contributed by atoms with Crippen LogP contribution in [0.5, 0.6) is 0 Å². The molecule has 29 heavy (non-hydrogen) atoms. The molecule has 1 unspecified atom stereocenters. The van der Waals surface area contributed by atoms with Crippen LogP contribution in [0, 0.1) is 0 Å². The Labute approximate surface area is 172 Å². The molecule has 0 aliphatic rings. The third kappa shape index (κ3) is 5.92. The lowest BCUT2D eigenvalue weighted by Crippen LogP contribution is -2.45. The SMILES string of the molecule is CCNC(=NCCC(O)(c1nccn1C)C(F)(F)F)NCCc1ncc(CC)s1. The van der Waals surface area contributed by atoms with E-state index < -0.39 is 24.0 Å². The summed E-state index contributed by atoms with van der Waals surface area (Å²) in [6, 6.07) is 0. The molecular formula is C18H27F3N6OS. The quantitative estimate of drug-likeness (QED) is 0.418. The molecule has 0 bridgehead atoms. The fourth-order valence-electron chi connectivity index (χ4n) is 2.73. The second-order valence-electron chi connectivity index (χ2n) is 6.48. The molecule has 2 aromatic heterocycles. The monoisotopic (exact) mass is 432 g/mol. The largest absolute Gasteiger partial charge is 0.424 e. The molecule has 0 saturated heterocycles. The minimum Gasteiger partial charge on any atom is -0.374 e. The number of halogens is 3. The molecule has 2 heterocycles. The summed E-state index contributed by atoms with van der Waals surface area (Å²) in [6.07, 6.45) is 0.573. The maximum atomic E-state index is 13.6. The highest BCUT2D eigenvalue weighted by atomic mass is 32.1. The van der Waals surface area contributed by atoms with Crippen molar-refractivity contribution in [3.05, 3.63) is 34.3 Å². The van der Waals surface area contributed by atoms with E-state index in [4.69, 9.17) is 0 Å². The number of aliphatic imine (C=N–C) groups is 1. The Bertz CT molecular complexity index is 804. The molecular weight excluding hydrogens is 405 g/mol. The van der Waals surface area contributed by atoms with E-state index >= 15 is 0 Å². The van der Waals surface area contributed by atoms with Crippen molar-refractivity contribution >= 4 is 17.3 Å². The summed E-state index contributed by atoms with van der Waals surface area (Å²) in [4.78, 5) is 13.4. The van der Waals surface area contributed by atoms with Crippen LogP contribution in [0.3, 0.4) is 0 Å². The second kappa shape index (κ2) is 10.1. The number of hydrogen-bond donors (Lipinski definition) is 3. The Morgan fingerprint density at radius 1 is 1.28 bits per heavy atom. The summed E-state index contributed by atoms with van der Waals surface area (Å²) in [6.45, 7) is 4.82. The molecule has 162 valence electrons. The number of nitrogens with zero attached hydrogens (tertiary/aromatic N) is 4. The topological polar surface area (TPSA) is 87.4 Å². The fourth-order valence-corrected chi connectivity index (χ4v) is 3.59. The lowest BCUT2D eigenvalue weighted by molar-refractivity contribution is -0.272. The zero-order valence-electron chi connectivity index (χ0n) is 16.8. The summed E-state index contributed by atoms with van der Waals surface area (Å²) in [7, 11) is 1.41. The van der Waals surface area contributed by atoms with Gasteiger partial charge in [-0.2, -0.15) is 13.2 Å². The molecule has 2 aromatic rings. The Hall–Kier alpha value is -2.14. The summed E-state index contributed by atoms with van der Waals surface area (Å²) < 4.78 is 41.8. The van der Waals surface area contributed by atoms with Gasteiger partial charge in [-0.15, -0.1) is 11.3 Å². The summed E-state index contributed by atoms with van der Waals surface area (Å²) >= 11 is 1.64. The molecule has 0 radical (unpaired) electrons. The molecule has 0 aliphatic carbocycles. The van der Waals surface area contributed by atoms with Crippen molar-refractivity contribution in [1.82, 2.24) is 25.2 Å². The zero-order valence-corrected chi connectivity index (χ0v) is 17.6. The number of guanidine groups is 1. The number of hydrogen-bond acceptors (Lipinski definition) is 5. The number of aromatic nitrogens is 3. The van der Waals surface area contributed by atoms with Gasteiger partial charge < -0.3 is 20.3 Å². The molecule has 3 N–H and O–H groups in total. The van der Waals surface area contributed by atoms with Gasteiger partial charge in [0.1, 0.15) is 5.82 Å². The van der Waals surface area contributed by atoms with Gasteiger partial charge in [0.2, 0.25) is 5.60 Å². The Kier molecular flexibility index (Phi) is 8.03. The van der Waals surface area contributed by atoms with Gasteiger partial charge in [-0.05, 0) is 13.3 Å². The van der Waals surface area contributed by atoms with Crippen LogP contribution in [0.2, 0.25) is 0 Å². The summed E-state index contributed by atoms with van der Waals surface area (Å²) in [5.74, 6) is -0.0576. The number of alkyl halides is 3. The van der Waals surface area contributed by atoms with Gasteiger partial charge >= 0.3 is 6.18 Å². The van der Waals surface area contributed by atoms with E-state index in [1.54, 1.807) is 11.3 Å². The molecule has 0 amide bonds. The van der Waals surface area contributed by atoms with Crippen molar-refractivity contribution in [3.63, 3.8) is 0 Å². The predicted octanol–water partition coefficient (Wildman–Crippen LogP) is 2.38. The van der Waals surface area contributed by atoms with Crippen molar-refractivity contribution in [3.8, 4) is 0 Å². The third-order valence-electron chi connectivity index (χ3n) is 4.33. The number of aryl methyl sites for hydroxylation is 2. The van der Waals surface area contributed by atoms with E-state index in [9.17, 15) is 18.3 Å². The van der Waals surface area contributed by atoms with Crippen LogP contribution in [0.4, 0.5) is 13.2 Å². The first-order chi connectivity index (χ1) is 13.7. The van der Waals surface area contributed by atoms with Gasteiger partial charge in [0.05, 0.1) is 5.01 Å². The maximum Gasteiger partial charge on any atom is 0.424 e. The standard InChI is InChI=1S/C18H27F3N6OS/c1-4-13-12-26-14(29-13)6-8-24-16(22-5-2)25-9-7-17(28,18(19,20)21)15-23-10-11-27(15)3/h10-12,28H,4-9H2,1-3H3,(H2,22,24,25). The van der Waals surface area contributed by atoms with E-state index in [1.807, 2.05) is 13.1 Å². The molecule has 1 atom stereocenters. The van der Waals surface area contributed by atoms with E-state index in [-0.39, 0.29) is 6.54 Å². The first kappa shape index (κ1) is 23.1. The minimum absolute atomic E-state index is 0.227. The lowest BCUT2D eigenvalue weighted by Gasteiger charge is -2.29. The molecule has 7 nitrogen and oxygen atoms in total. The smallest absolute Gasteiger partial charge is 0.374 e. The zero-order chi connectivity index (χ0) is 21.5. The molecule has 11 heteroatoms. The number of aliphatic hydroxyl groups is 1. The first-order valence-corrected chi connectivity index (χ1v) is 10.3. The van der Waals surface area contributed by atoms with Crippen LogP contribution < -0.4 is 10.6 Å². The van der Waals surface area contributed by atoms with Gasteiger partial charge in [0.15, 0.2) is 5.96 Å². The van der Waals surface area contributed by atoms with Crippen LogP contribution in [-0.4, -0.2) is 51.4 Å². The van der Waals surface area contributed by atoms with Crippen molar-refractivity contribution in [2.45, 2.75) is 44.9 Å². The molecule has 0 aliphatic heterocycles. The van der Waals surface area contributed by atoms with Crippen molar-refractivity contribution in [2.24, 2.45) is 12.0 Å². The number of thiazole rings is 1. The Balaban J connectivity index is 1.99. The van der Waals surface area contributed by atoms with Crippen molar-refractivity contribution in [2.75, 3.05) is 19.6 Å². The van der Waals surface area contributed by atoms with Gasteiger partial charge in [0.25, 0.3) is 0 Å². The van der Waals surface area contributed by atoms with E-state index in [0.29, 0.717) is 25.5 Å². The summed E-state index contributed by atoms with van der Waals surface area (Å²) in [5, 5.41) is 17.4. The highest BCUT2D eigenvalue weighted by molar-refractivity contribution is 7.11. The van der Waals surface area contributed by atoms with Crippen molar-refractivity contribution < 1.29 is 18.3 Å². The minimum atomic E-state index is -4.87. The number of nitrogens with one attached hydrogen (secondary N) is 2. The van der Waals surface area contributed by atoms with Gasteiger partial charge in [-0.3, -0.25) is 4.99 Å². The lowest BCUT2D eigenvalue weighted by atomic mass is 9.98. The molecule has 0 spiro atoms.